The highest BCUT2D eigenvalue weighted by atomic mass is 16.5. The van der Waals surface area contributed by atoms with Crippen molar-refractivity contribution in [2.45, 2.75) is 40.2 Å². The highest BCUT2D eigenvalue weighted by molar-refractivity contribution is 6.01. The van der Waals surface area contributed by atoms with Crippen molar-refractivity contribution < 1.29 is 9.53 Å². The van der Waals surface area contributed by atoms with E-state index in [1.54, 1.807) is 0 Å². The lowest BCUT2D eigenvalue weighted by Gasteiger charge is -2.12. The largest absolute Gasteiger partial charge is 0.491 e. The highest BCUT2D eigenvalue weighted by Crippen LogP contribution is 2.22. The fourth-order valence-corrected chi connectivity index (χ4v) is 1.86. The van der Waals surface area contributed by atoms with Crippen molar-refractivity contribution in [2.75, 3.05) is 5.32 Å². The van der Waals surface area contributed by atoms with Gasteiger partial charge in [-0.15, -0.1) is 5.10 Å². The van der Waals surface area contributed by atoms with Crippen LogP contribution in [0.5, 0.6) is 5.75 Å². The van der Waals surface area contributed by atoms with Crippen molar-refractivity contribution in [2.24, 2.45) is 0 Å². The second kappa shape index (κ2) is 6.39. The number of H-pyrrole nitrogens is 1. The summed E-state index contributed by atoms with van der Waals surface area (Å²) in [5.74, 6) is 1.30. The van der Waals surface area contributed by atoms with E-state index in [2.05, 4.69) is 20.5 Å². The zero-order chi connectivity index (χ0) is 15.4. The van der Waals surface area contributed by atoms with Gasteiger partial charge in [0.2, 0.25) is 5.82 Å². The molecule has 2 N–H and O–H groups in total. The molecule has 0 unspecified atom stereocenters. The maximum atomic E-state index is 12.1. The fourth-order valence-electron chi connectivity index (χ4n) is 1.86. The number of amides is 1. The number of ether oxygens (including phenoxy) is 1. The smallest absolute Gasteiger partial charge is 0.295 e. The van der Waals surface area contributed by atoms with Crippen LogP contribution in [0.3, 0.4) is 0 Å². The standard InChI is InChI=1S/C15H20N4O2/c1-5-13-17-14(19-18-13)15(20)16-12-7-6-11(8-10(12)4)21-9(2)3/h6-9H,5H2,1-4H3,(H,16,20)(H,17,18,19). The van der Waals surface area contributed by atoms with E-state index in [1.807, 2.05) is 45.9 Å². The lowest BCUT2D eigenvalue weighted by atomic mass is 10.2. The Kier molecular flexibility index (Phi) is 4.57. The third kappa shape index (κ3) is 3.81. The number of aryl methyl sites for hydroxylation is 2. The van der Waals surface area contributed by atoms with Crippen molar-refractivity contribution >= 4 is 11.6 Å². The Labute approximate surface area is 123 Å². The Hall–Kier alpha value is -2.37. The van der Waals surface area contributed by atoms with Crippen LogP contribution in [0, 0.1) is 6.92 Å². The summed E-state index contributed by atoms with van der Waals surface area (Å²) in [6, 6.07) is 5.54. The summed E-state index contributed by atoms with van der Waals surface area (Å²) in [6.07, 6.45) is 0.825. The molecule has 1 heterocycles. The fraction of sp³-hybridized carbons (Fsp3) is 0.400. The van der Waals surface area contributed by atoms with Gasteiger partial charge in [-0.2, -0.15) is 0 Å². The first kappa shape index (κ1) is 15.0. The summed E-state index contributed by atoms with van der Waals surface area (Å²) in [5.41, 5.74) is 1.65. The maximum Gasteiger partial charge on any atom is 0.295 e. The number of hydrogen-bond donors (Lipinski definition) is 2. The van der Waals surface area contributed by atoms with Gasteiger partial charge >= 0.3 is 0 Å². The molecule has 0 aliphatic rings. The molecule has 0 saturated heterocycles. The lowest BCUT2D eigenvalue weighted by Crippen LogP contribution is -2.15. The number of anilines is 1. The summed E-state index contributed by atoms with van der Waals surface area (Å²) < 4.78 is 5.62. The molecule has 0 saturated carbocycles. The lowest BCUT2D eigenvalue weighted by molar-refractivity contribution is 0.101. The molecule has 0 fully saturated rings. The third-order valence-corrected chi connectivity index (χ3v) is 2.89. The van der Waals surface area contributed by atoms with Crippen molar-refractivity contribution in [1.29, 1.82) is 0 Å². The molecule has 2 aromatic rings. The van der Waals surface area contributed by atoms with Crippen molar-refractivity contribution in [3.8, 4) is 5.75 Å². The molecule has 0 atom stereocenters. The Morgan fingerprint density at radius 2 is 2.19 bits per heavy atom. The first-order chi connectivity index (χ1) is 9.99. The van der Waals surface area contributed by atoms with Crippen LogP contribution in [0.4, 0.5) is 5.69 Å². The maximum absolute atomic E-state index is 12.1. The van der Waals surface area contributed by atoms with Crippen LogP contribution in [-0.2, 0) is 6.42 Å². The summed E-state index contributed by atoms with van der Waals surface area (Å²) >= 11 is 0. The Bertz CT molecular complexity index is 634. The molecule has 21 heavy (non-hydrogen) atoms. The number of aromatic amines is 1. The summed E-state index contributed by atoms with van der Waals surface area (Å²) in [5, 5.41) is 9.43. The van der Waals surface area contributed by atoms with Crippen LogP contribution in [0.1, 0.15) is 42.8 Å². The van der Waals surface area contributed by atoms with E-state index < -0.39 is 0 Å². The number of benzene rings is 1. The predicted octanol–water partition coefficient (Wildman–Crippen LogP) is 2.72. The Balaban J connectivity index is 2.10. The van der Waals surface area contributed by atoms with Crippen molar-refractivity contribution in [3.63, 3.8) is 0 Å². The number of nitrogens with one attached hydrogen (secondary N) is 2. The number of carbonyl (C=O) groups excluding carboxylic acids is 1. The molecular weight excluding hydrogens is 268 g/mol. The van der Waals surface area contributed by atoms with Crippen molar-refractivity contribution in [1.82, 2.24) is 15.2 Å². The average molecular weight is 288 g/mol. The quantitative estimate of drug-likeness (QED) is 0.886. The Morgan fingerprint density at radius 1 is 1.43 bits per heavy atom. The Morgan fingerprint density at radius 3 is 2.76 bits per heavy atom. The second-order valence-electron chi connectivity index (χ2n) is 5.06. The molecule has 2 rings (SSSR count). The molecule has 1 aromatic carbocycles. The number of hydrogen-bond acceptors (Lipinski definition) is 4. The summed E-state index contributed by atoms with van der Waals surface area (Å²) in [4.78, 5) is 16.2. The van der Waals surface area contributed by atoms with Crippen LogP contribution < -0.4 is 10.1 Å². The minimum absolute atomic E-state index is 0.116. The van der Waals surface area contributed by atoms with Crippen molar-refractivity contribution in [3.05, 3.63) is 35.4 Å². The van der Waals surface area contributed by atoms with E-state index in [-0.39, 0.29) is 17.8 Å². The van der Waals surface area contributed by atoms with Gasteiger partial charge in [-0.25, -0.2) is 4.98 Å². The van der Waals surface area contributed by atoms with Crippen LogP contribution in [-0.4, -0.2) is 27.2 Å². The topological polar surface area (TPSA) is 79.9 Å². The van der Waals surface area contributed by atoms with E-state index >= 15 is 0 Å². The molecule has 0 radical (unpaired) electrons. The first-order valence-corrected chi connectivity index (χ1v) is 6.99. The predicted molar refractivity (Wildman–Crippen MR) is 80.7 cm³/mol. The molecular formula is C15H20N4O2. The molecule has 112 valence electrons. The second-order valence-corrected chi connectivity index (χ2v) is 5.06. The molecule has 0 bridgehead atoms. The van der Waals surface area contributed by atoms with E-state index in [9.17, 15) is 4.79 Å². The molecule has 1 amide bonds. The van der Waals surface area contributed by atoms with Crippen LogP contribution in [0.15, 0.2) is 18.2 Å². The molecule has 6 heteroatoms. The minimum atomic E-state index is -0.327. The summed E-state index contributed by atoms with van der Waals surface area (Å²) in [7, 11) is 0. The minimum Gasteiger partial charge on any atom is -0.491 e. The molecule has 0 spiro atoms. The van der Waals surface area contributed by atoms with Gasteiger partial charge in [-0.05, 0) is 44.5 Å². The summed E-state index contributed by atoms with van der Waals surface area (Å²) in [6.45, 7) is 7.80. The van der Waals surface area contributed by atoms with Gasteiger partial charge in [0.05, 0.1) is 6.10 Å². The van der Waals surface area contributed by atoms with E-state index in [4.69, 9.17) is 4.74 Å². The average Bonchev–Trinajstić information content (AvgIpc) is 2.90. The highest BCUT2D eigenvalue weighted by Gasteiger charge is 2.13. The number of nitrogens with zero attached hydrogens (tertiary/aromatic N) is 2. The number of carbonyl (C=O) groups is 1. The van der Waals surface area contributed by atoms with Crippen LogP contribution in [0.2, 0.25) is 0 Å². The zero-order valence-electron chi connectivity index (χ0n) is 12.7. The van der Waals surface area contributed by atoms with Gasteiger partial charge in [0, 0.05) is 12.1 Å². The SMILES string of the molecule is CCc1nc(C(=O)Nc2ccc(OC(C)C)cc2C)n[nH]1. The molecule has 1 aromatic heterocycles. The third-order valence-electron chi connectivity index (χ3n) is 2.89. The van der Waals surface area contributed by atoms with Gasteiger partial charge < -0.3 is 10.1 Å². The van der Waals surface area contributed by atoms with Crippen LogP contribution >= 0.6 is 0 Å². The number of rotatable bonds is 5. The molecule has 0 aliphatic carbocycles. The normalized spacial score (nSPS) is 10.7. The molecule has 0 aliphatic heterocycles. The van der Waals surface area contributed by atoms with Gasteiger partial charge in [0.1, 0.15) is 11.6 Å². The van der Waals surface area contributed by atoms with E-state index in [1.165, 1.54) is 0 Å². The van der Waals surface area contributed by atoms with Crippen LogP contribution in [0.25, 0.3) is 0 Å². The van der Waals surface area contributed by atoms with Gasteiger partial charge in [-0.1, -0.05) is 6.92 Å². The van der Waals surface area contributed by atoms with E-state index in [0.29, 0.717) is 12.2 Å². The van der Waals surface area contributed by atoms with Gasteiger partial charge in [0.15, 0.2) is 0 Å². The van der Waals surface area contributed by atoms with Gasteiger partial charge in [0.25, 0.3) is 5.91 Å². The monoisotopic (exact) mass is 288 g/mol. The zero-order valence-corrected chi connectivity index (χ0v) is 12.7. The molecule has 6 nitrogen and oxygen atoms in total. The number of aromatic nitrogens is 3. The first-order valence-electron chi connectivity index (χ1n) is 6.99. The van der Waals surface area contributed by atoms with Gasteiger partial charge in [-0.3, -0.25) is 9.89 Å². The van der Waals surface area contributed by atoms with E-state index in [0.717, 1.165) is 17.0 Å².